The zero-order chi connectivity index (χ0) is 29.6. The van der Waals surface area contributed by atoms with Crippen LogP contribution in [0.5, 0.6) is 0 Å². The minimum atomic E-state index is -4.45. The van der Waals surface area contributed by atoms with Crippen LogP contribution in [0.4, 0.5) is 24.5 Å². The van der Waals surface area contributed by atoms with Gasteiger partial charge < -0.3 is 25.0 Å². The van der Waals surface area contributed by atoms with E-state index in [1.165, 1.54) is 21.7 Å². The standard InChI is InChI=1S/C29H34F3N7O3/c1-35-13-14-37(17-24(35)29(30,31)32)25(40)18-38-19-39(22-5-3-2-4-6-22)28(27(38)42)9-11-36(12-10-28)26(41)20-7-8-23-21(15-20)16-33-34-23/h2-8,15,24,33-34H,9-14,16-19H2,1H3/t24-/m0/s1. The SMILES string of the molecule is CN1CCN(C(=O)CN2CN(c3ccccc3)C3(CCN(C(=O)c4ccc5c(c4)CNN5)CC3)C2=O)C[C@H]1C(F)(F)F. The molecular weight excluding hydrogens is 551 g/mol. The van der Waals surface area contributed by atoms with Gasteiger partial charge in [-0.3, -0.25) is 19.3 Å². The van der Waals surface area contributed by atoms with Crippen molar-refractivity contribution in [3.63, 3.8) is 0 Å². The first kappa shape index (κ1) is 28.3. The van der Waals surface area contributed by atoms with Crippen molar-refractivity contribution in [2.45, 2.75) is 37.1 Å². The number of nitrogens with one attached hydrogen (secondary N) is 2. The van der Waals surface area contributed by atoms with Crippen LogP contribution in [0.1, 0.15) is 28.8 Å². The first-order chi connectivity index (χ1) is 20.1. The highest BCUT2D eigenvalue weighted by Crippen LogP contribution is 2.40. The Morgan fingerprint density at radius 3 is 2.45 bits per heavy atom. The van der Waals surface area contributed by atoms with Crippen LogP contribution in [0.15, 0.2) is 48.5 Å². The van der Waals surface area contributed by atoms with Gasteiger partial charge in [0.2, 0.25) is 5.91 Å². The lowest BCUT2D eigenvalue weighted by atomic mass is 9.85. The third-order valence-electron chi connectivity index (χ3n) is 9.02. The fourth-order valence-electron chi connectivity index (χ4n) is 6.53. The number of hydrazine groups is 1. The first-order valence-electron chi connectivity index (χ1n) is 14.1. The molecule has 2 aromatic carbocycles. The Morgan fingerprint density at radius 2 is 1.74 bits per heavy atom. The van der Waals surface area contributed by atoms with Gasteiger partial charge in [0.05, 0.1) is 12.4 Å². The summed E-state index contributed by atoms with van der Waals surface area (Å²) in [5, 5.41) is 0. The maximum Gasteiger partial charge on any atom is 0.405 e. The lowest BCUT2D eigenvalue weighted by Crippen LogP contribution is -2.60. The number of amides is 3. The summed E-state index contributed by atoms with van der Waals surface area (Å²) >= 11 is 0. The van der Waals surface area contributed by atoms with Crippen molar-refractivity contribution >= 4 is 29.1 Å². The van der Waals surface area contributed by atoms with Gasteiger partial charge >= 0.3 is 6.18 Å². The molecule has 0 saturated carbocycles. The van der Waals surface area contributed by atoms with E-state index in [4.69, 9.17) is 0 Å². The second-order valence-electron chi connectivity index (χ2n) is 11.5. The molecule has 0 radical (unpaired) electrons. The Morgan fingerprint density at radius 1 is 1.00 bits per heavy atom. The van der Waals surface area contributed by atoms with Gasteiger partial charge in [-0.25, -0.2) is 5.43 Å². The van der Waals surface area contributed by atoms with Crippen LogP contribution in [0, 0.1) is 0 Å². The Bertz CT molecular complexity index is 1360. The smallest absolute Gasteiger partial charge is 0.339 e. The molecule has 3 fully saturated rings. The number of benzene rings is 2. The van der Waals surface area contributed by atoms with Crippen LogP contribution in [-0.4, -0.2) is 108 Å². The van der Waals surface area contributed by atoms with Crippen molar-refractivity contribution in [1.29, 1.82) is 0 Å². The van der Waals surface area contributed by atoms with Gasteiger partial charge in [0.25, 0.3) is 11.8 Å². The van der Waals surface area contributed by atoms with E-state index in [9.17, 15) is 27.6 Å². The van der Waals surface area contributed by atoms with E-state index in [0.717, 1.165) is 16.9 Å². The number of nitrogens with zero attached hydrogens (tertiary/aromatic N) is 5. The fraction of sp³-hybridized carbons (Fsp3) is 0.483. The molecule has 224 valence electrons. The maximum absolute atomic E-state index is 14.0. The summed E-state index contributed by atoms with van der Waals surface area (Å²) < 4.78 is 40.6. The number of halogens is 3. The molecule has 3 saturated heterocycles. The molecule has 10 nitrogen and oxygen atoms in total. The number of fused-ring (bicyclic) bond motifs is 1. The number of likely N-dealkylation sites (N-methyl/N-ethyl adjacent to an activating group) is 1. The molecule has 13 heteroatoms. The molecule has 4 aliphatic heterocycles. The minimum absolute atomic E-state index is 0.0995. The van der Waals surface area contributed by atoms with E-state index in [0.29, 0.717) is 38.0 Å². The molecule has 42 heavy (non-hydrogen) atoms. The van der Waals surface area contributed by atoms with Gasteiger partial charge in [-0.15, -0.1) is 0 Å². The third-order valence-corrected chi connectivity index (χ3v) is 9.02. The largest absolute Gasteiger partial charge is 0.405 e. The number of para-hydroxylation sites is 1. The van der Waals surface area contributed by atoms with E-state index >= 15 is 0 Å². The lowest BCUT2D eigenvalue weighted by molar-refractivity contribution is -0.194. The zero-order valence-corrected chi connectivity index (χ0v) is 23.4. The first-order valence-corrected chi connectivity index (χ1v) is 14.1. The molecule has 1 spiro atoms. The maximum atomic E-state index is 14.0. The molecule has 6 rings (SSSR count). The number of hydrogen-bond donors (Lipinski definition) is 2. The number of carbonyl (C=O) groups excluding carboxylic acids is 3. The number of rotatable bonds is 4. The van der Waals surface area contributed by atoms with Crippen molar-refractivity contribution in [1.82, 2.24) is 25.0 Å². The summed E-state index contributed by atoms with van der Waals surface area (Å²) in [4.78, 5) is 48.3. The fourth-order valence-corrected chi connectivity index (χ4v) is 6.53. The van der Waals surface area contributed by atoms with Crippen molar-refractivity contribution in [2.24, 2.45) is 0 Å². The van der Waals surface area contributed by atoms with Gasteiger partial charge in [-0.2, -0.15) is 13.2 Å². The summed E-state index contributed by atoms with van der Waals surface area (Å²) in [6.45, 7) is 1.00. The topological polar surface area (TPSA) is 91.5 Å². The van der Waals surface area contributed by atoms with Gasteiger partial charge in [-0.1, -0.05) is 18.2 Å². The lowest BCUT2D eigenvalue weighted by Gasteiger charge is -2.43. The van der Waals surface area contributed by atoms with Gasteiger partial charge in [-0.05, 0) is 55.8 Å². The third kappa shape index (κ3) is 5.04. The van der Waals surface area contributed by atoms with Gasteiger partial charge in [0.1, 0.15) is 18.1 Å². The molecular formula is C29H34F3N7O3. The number of carbonyl (C=O) groups is 3. The van der Waals surface area contributed by atoms with Crippen molar-refractivity contribution < 1.29 is 27.6 Å². The second kappa shape index (κ2) is 10.8. The summed E-state index contributed by atoms with van der Waals surface area (Å²) in [6.07, 6.45) is -3.71. The average Bonchev–Trinajstić information content (AvgIpc) is 3.56. The summed E-state index contributed by atoms with van der Waals surface area (Å²) in [5.41, 5.74) is 8.49. The van der Waals surface area contributed by atoms with Crippen LogP contribution in [-0.2, 0) is 16.1 Å². The average molecular weight is 586 g/mol. The summed E-state index contributed by atoms with van der Waals surface area (Å²) in [5.74, 6) is -0.829. The van der Waals surface area contributed by atoms with Crippen LogP contribution in [0.3, 0.4) is 0 Å². The van der Waals surface area contributed by atoms with Crippen molar-refractivity contribution in [2.75, 3.05) is 63.3 Å². The van der Waals surface area contributed by atoms with E-state index in [1.807, 2.05) is 47.4 Å². The highest BCUT2D eigenvalue weighted by atomic mass is 19.4. The van der Waals surface area contributed by atoms with Crippen LogP contribution in [0.25, 0.3) is 0 Å². The Labute approximate surface area is 242 Å². The number of hydrogen-bond acceptors (Lipinski definition) is 7. The number of likely N-dealkylation sites (tertiary alicyclic amines) is 1. The molecule has 0 unspecified atom stereocenters. The Balaban J connectivity index is 1.18. The predicted molar refractivity (Wildman–Crippen MR) is 149 cm³/mol. The van der Waals surface area contributed by atoms with Gasteiger partial charge in [0, 0.05) is 50.5 Å². The summed E-state index contributed by atoms with van der Waals surface area (Å²) in [7, 11) is 1.40. The van der Waals surface area contributed by atoms with Crippen molar-refractivity contribution in [3.8, 4) is 0 Å². The molecule has 2 N–H and O–H groups in total. The number of anilines is 2. The molecule has 1 atom stereocenters. The predicted octanol–water partition coefficient (Wildman–Crippen LogP) is 2.10. The molecule has 3 amide bonds. The molecule has 0 bridgehead atoms. The Hall–Kier alpha value is -3.84. The molecule has 0 aromatic heterocycles. The van der Waals surface area contributed by atoms with Crippen LogP contribution >= 0.6 is 0 Å². The Kier molecular flexibility index (Phi) is 7.26. The van der Waals surface area contributed by atoms with Gasteiger partial charge in [0.15, 0.2) is 0 Å². The van der Waals surface area contributed by atoms with E-state index in [1.54, 1.807) is 11.0 Å². The number of alkyl halides is 3. The highest BCUT2D eigenvalue weighted by Gasteiger charge is 2.55. The monoisotopic (exact) mass is 585 g/mol. The molecule has 4 aliphatic rings. The van der Waals surface area contributed by atoms with E-state index in [-0.39, 0.29) is 38.1 Å². The molecule has 4 heterocycles. The highest BCUT2D eigenvalue weighted by molar-refractivity contribution is 5.98. The van der Waals surface area contributed by atoms with E-state index in [2.05, 4.69) is 10.9 Å². The molecule has 2 aromatic rings. The molecule has 0 aliphatic carbocycles. The van der Waals surface area contributed by atoms with E-state index < -0.39 is 30.2 Å². The number of piperidine rings is 1. The van der Waals surface area contributed by atoms with Crippen LogP contribution in [0.2, 0.25) is 0 Å². The minimum Gasteiger partial charge on any atom is -0.339 e. The van der Waals surface area contributed by atoms with Crippen molar-refractivity contribution in [3.05, 3.63) is 59.7 Å². The second-order valence-corrected chi connectivity index (χ2v) is 11.5. The quantitative estimate of drug-likeness (QED) is 0.568. The van der Waals surface area contributed by atoms with Crippen LogP contribution < -0.4 is 15.8 Å². The normalized spacial score (nSPS) is 22.5. The summed E-state index contributed by atoms with van der Waals surface area (Å²) in [6, 6.07) is 13.2. The zero-order valence-electron chi connectivity index (χ0n) is 23.4. The number of piperazine rings is 1.